The molecule has 0 saturated heterocycles. The van der Waals surface area contributed by atoms with E-state index >= 15 is 0 Å². The zero-order chi connectivity index (χ0) is 17.5. The Morgan fingerprint density at radius 2 is 1.75 bits per heavy atom. The summed E-state index contributed by atoms with van der Waals surface area (Å²) in [6.45, 7) is 1.86. The van der Waals surface area contributed by atoms with E-state index in [1.54, 1.807) is 27.4 Å². The SMILES string of the molecule is COc1cccc(NC(=O)[C@H](C)Sc2ccc(OC)c(OC)c2)c1. The first-order valence-corrected chi connectivity index (χ1v) is 8.29. The number of ether oxygens (including phenoxy) is 3. The number of hydrogen-bond acceptors (Lipinski definition) is 5. The Kier molecular flexibility index (Phi) is 6.37. The molecule has 128 valence electrons. The molecule has 0 heterocycles. The van der Waals surface area contributed by atoms with E-state index in [2.05, 4.69) is 5.32 Å². The summed E-state index contributed by atoms with van der Waals surface area (Å²) in [5.74, 6) is 1.93. The molecule has 24 heavy (non-hydrogen) atoms. The molecule has 1 atom stereocenters. The fourth-order valence-corrected chi connectivity index (χ4v) is 2.99. The van der Waals surface area contributed by atoms with Gasteiger partial charge in [0.2, 0.25) is 5.91 Å². The van der Waals surface area contributed by atoms with E-state index in [0.29, 0.717) is 22.9 Å². The third-order valence-electron chi connectivity index (χ3n) is 3.37. The first-order chi connectivity index (χ1) is 11.6. The van der Waals surface area contributed by atoms with Crippen LogP contribution >= 0.6 is 11.8 Å². The van der Waals surface area contributed by atoms with Crippen molar-refractivity contribution in [1.82, 2.24) is 0 Å². The maximum Gasteiger partial charge on any atom is 0.237 e. The summed E-state index contributed by atoms with van der Waals surface area (Å²) in [6.07, 6.45) is 0. The number of hydrogen-bond donors (Lipinski definition) is 1. The Morgan fingerprint density at radius 3 is 2.42 bits per heavy atom. The second-order valence-corrected chi connectivity index (χ2v) is 6.41. The Morgan fingerprint density at radius 1 is 1.00 bits per heavy atom. The lowest BCUT2D eigenvalue weighted by atomic mass is 10.3. The highest BCUT2D eigenvalue weighted by atomic mass is 32.2. The van der Waals surface area contributed by atoms with Crippen molar-refractivity contribution in [3.63, 3.8) is 0 Å². The van der Waals surface area contributed by atoms with Gasteiger partial charge in [0.1, 0.15) is 5.75 Å². The van der Waals surface area contributed by atoms with Crippen molar-refractivity contribution in [3.8, 4) is 17.2 Å². The number of carbonyl (C=O) groups is 1. The van der Waals surface area contributed by atoms with E-state index in [0.717, 1.165) is 4.90 Å². The molecule has 0 spiro atoms. The summed E-state index contributed by atoms with van der Waals surface area (Å²) in [6, 6.07) is 12.9. The van der Waals surface area contributed by atoms with Crippen LogP contribution in [0.1, 0.15) is 6.92 Å². The molecule has 0 aromatic heterocycles. The monoisotopic (exact) mass is 347 g/mol. The summed E-state index contributed by atoms with van der Waals surface area (Å²) in [5.41, 5.74) is 0.708. The highest BCUT2D eigenvalue weighted by molar-refractivity contribution is 8.00. The third kappa shape index (κ3) is 4.58. The van der Waals surface area contributed by atoms with E-state index in [-0.39, 0.29) is 11.2 Å². The number of methoxy groups -OCH3 is 3. The fraction of sp³-hybridized carbons (Fsp3) is 0.278. The lowest BCUT2D eigenvalue weighted by Crippen LogP contribution is -2.22. The molecule has 2 aromatic carbocycles. The molecule has 0 aliphatic heterocycles. The quantitative estimate of drug-likeness (QED) is 0.772. The van der Waals surface area contributed by atoms with Gasteiger partial charge in [-0.3, -0.25) is 4.79 Å². The predicted octanol–water partition coefficient (Wildman–Crippen LogP) is 3.83. The number of thioether (sulfide) groups is 1. The van der Waals surface area contributed by atoms with Crippen LogP contribution in [0, 0.1) is 0 Å². The lowest BCUT2D eigenvalue weighted by molar-refractivity contribution is -0.115. The molecule has 0 radical (unpaired) electrons. The van der Waals surface area contributed by atoms with Crippen molar-refractivity contribution < 1.29 is 19.0 Å². The van der Waals surface area contributed by atoms with Gasteiger partial charge in [-0.25, -0.2) is 0 Å². The second kappa shape index (κ2) is 8.49. The van der Waals surface area contributed by atoms with Crippen LogP contribution in [-0.2, 0) is 4.79 Å². The summed E-state index contributed by atoms with van der Waals surface area (Å²) < 4.78 is 15.7. The Bertz CT molecular complexity index is 705. The number of carbonyl (C=O) groups excluding carboxylic acids is 1. The first kappa shape index (κ1) is 18.0. The van der Waals surface area contributed by atoms with Gasteiger partial charge in [0.15, 0.2) is 11.5 Å². The molecule has 5 nitrogen and oxygen atoms in total. The molecule has 2 aromatic rings. The molecule has 1 N–H and O–H groups in total. The zero-order valence-electron chi connectivity index (χ0n) is 14.2. The van der Waals surface area contributed by atoms with Crippen molar-refractivity contribution in [1.29, 1.82) is 0 Å². The van der Waals surface area contributed by atoms with Gasteiger partial charge in [0, 0.05) is 16.6 Å². The number of benzene rings is 2. The normalized spacial score (nSPS) is 11.5. The minimum absolute atomic E-state index is 0.0805. The average molecular weight is 347 g/mol. The number of rotatable bonds is 7. The van der Waals surface area contributed by atoms with Crippen molar-refractivity contribution in [2.45, 2.75) is 17.1 Å². The minimum atomic E-state index is -0.269. The van der Waals surface area contributed by atoms with Crippen molar-refractivity contribution in [3.05, 3.63) is 42.5 Å². The zero-order valence-corrected chi connectivity index (χ0v) is 15.0. The van der Waals surface area contributed by atoms with Gasteiger partial charge >= 0.3 is 0 Å². The minimum Gasteiger partial charge on any atom is -0.497 e. The summed E-state index contributed by atoms with van der Waals surface area (Å²) >= 11 is 1.45. The average Bonchev–Trinajstić information content (AvgIpc) is 2.61. The van der Waals surface area contributed by atoms with Gasteiger partial charge in [-0.15, -0.1) is 11.8 Å². The second-order valence-electron chi connectivity index (χ2n) is 5.00. The summed E-state index contributed by atoms with van der Waals surface area (Å²) in [5, 5.41) is 2.62. The molecular weight excluding hydrogens is 326 g/mol. The van der Waals surface area contributed by atoms with Gasteiger partial charge in [-0.2, -0.15) is 0 Å². The first-order valence-electron chi connectivity index (χ1n) is 7.41. The topological polar surface area (TPSA) is 56.8 Å². The highest BCUT2D eigenvalue weighted by Gasteiger charge is 2.16. The van der Waals surface area contributed by atoms with E-state index < -0.39 is 0 Å². The van der Waals surface area contributed by atoms with E-state index in [1.807, 2.05) is 43.3 Å². The molecule has 0 bridgehead atoms. The Hall–Kier alpha value is -2.34. The number of anilines is 1. The van der Waals surface area contributed by atoms with Crippen molar-refractivity contribution in [2.75, 3.05) is 26.6 Å². The van der Waals surface area contributed by atoms with E-state index in [4.69, 9.17) is 14.2 Å². The largest absolute Gasteiger partial charge is 0.497 e. The van der Waals surface area contributed by atoms with Crippen LogP contribution in [0.5, 0.6) is 17.2 Å². The van der Waals surface area contributed by atoms with Crippen LogP contribution in [0.4, 0.5) is 5.69 Å². The van der Waals surface area contributed by atoms with Crippen LogP contribution in [-0.4, -0.2) is 32.5 Å². The van der Waals surface area contributed by atoms with Gasteiger partial charge in [-0.1, -0.05) is 6.07 Å². The third-order valence-corrected chi connectivity index (χ3v) is 4.47. The van der Waals surface area contributed by atoms with Crippen molar-refractivity contribution in [2.24, 2.45) is 0 Å². The molecule has 0 aliphatic rings. The number of amides is 1. The van der Waals surface area contributed by atoms with Crippen LogP contribution in [0.25, 0.3) is 0 Å². The molecule has 1 amide bonds. The van der Waals surface area contributed by atoms with Gasteiger partial charge in [-0.05, 0) is 37.3 Å². The Balaban J connectivity index is 2.03. The lowest BCUT2D eigenvalue weighted by Gasteiger charge is -2.14. The van der Waals surface area contributed by atoms with Crippen LogP contribution in [0.15, 0.2) is 47.4 Å². The van der Waals surface area contributed by atoms with E-state index in [9.17, 15) is 4.79 Å². The molecular formula is C18H21NO4S. The molecule has 6 heteroatoms. The summed E-state index contributed by atoms with van der Waals surface area (Å²) in [7, 11) is 4.77. The smallest absolute Gasteiger partial charge is 0.237 e. The van der Waals surface area contributed by atoms with Gasteiger partial charge in [0.05, 0.1) is 26.6 Å². The molecule has 2 rings (SSSR count). The highest BCUT2D eigenvalue weighted by Crippen LogP contribution is 2.33. The standard InChI is InChI=1S/C18H21NO4S/c1-12(18(20)19-13-6-5-7-14(10-13)21-2)24-15-8-9-16(22-3)17(11-15)23-4/h5-12H,1-4H3,(H,19,20)/t12-/m0/s1. The van der Waals surface area contributed by atoms with Crippen LogP contribution < -0.4 is 19.5 Å². The maximum atomic E-state index is 12.4. The predicted molar refractivity (Wildman–Crippen MR) is 96.5 cm³/mol. The number of nitrogens with one attached hydrogen (secondary N) is 1. The molecule has 0 saturated carbocycles. The van der Waals surface area contributed by atoms with Crippen LogP contribution in [0.2, 0.25) is 0 Å². The van der Waals surface area contributed by atoms with Crippen molar-refractivity contribution >= 4 is 23.4 Å². The molecule has 0 aliphatic carbocycles. The fourth-order valence-electron chi connectivity index (χ4n) is 2.09. The molecule has 0 unspecified atom stereocenters. The van der Waals surface area contributed by atoms with E-state index in [1.165, 1.54) is 11.8 Å². The maximum absolute atomic E-state index is 12.4. The Labute approximate surface area is 146 Å². The van der Waals surface area contributed by atoms with Gasteiger partial charge in [0.25, 0.3) is 0 Å². The summed E-state index contributed by atoms with van der Waals surface area (Å²) in [4.78, 5) is 13.3. The molecule has 0 fully saturated rings. The van der Waals surface area contributed by atoms with Crippen LogP contribution in [0.3, 0.4) is 0 Å². The van der Waals surface area contributed by atoms with Gasteiger partial charge < -0.3 is 19.5 Å².